The molecule has 2 unspecified atom stereocenters. The third-order valence-corrected chi connectivity index (χ3v) is 4.70. The summed E-state index contributed by atoms with van der Waals surface area (Å²) in [5.41, 5.74) is 1.12. The molecule has 1 N–H and O–H groups in total. The zero-order chi connectivity index (χ0) is 18.1. The van der Waals surface area contributed by atoms with Gasteiger partial charge in [-0.3, -0.25) is 9.59 Å². The van der Waals surface area contributed by atoms with Crippen molar-refractivity contribution in [2.75, 3.05) is 13.1 Å². The summed E-state index contributed by atoms with van der Waals surface area (Å²) in [6.45, 7) is 2.91. The Kier molecular flexibility index (Phi) is 4.31. The highest BCUT2D eigenvalue weighted by Gasteiger charge is 2.30. The van der Waals surface area contributed by atoms with Gasteiger partial charge in [0.05, 0.1) is 12.6 Å². The number of hydrogen-bond acceptors (Lipinski definition) is 3. The number of morpholine rings is 1. The van der Waals surface area contributed by atoms with Crippen molar-refractivity contribution in [2.45, 2.75) is 19.1 Å². The summed E-state index contributed by atoms with van der Waals surface area (Å²) in [4.78, 5) is 29.8. The Hall–Kier alpha value is -2.92. The van der Waals surface area contributed by atoms with Crippen LogP contribution in [0, 0.1) is 0 Å². The molecule has 5 heteroatoms. The summed E-state index contributed by atoms with van der Waals surface area (Å²) >= 11 is 0. The molecular formula is C21H20N2O3. The zero-order valence-corrected chi connectivity index (χ0v) is 14.5. The van der Waals surface area contributed by atoms with E-state index in [2.05, 4.69) is 4.98 Å². The molecule has 4 rings (SSSR count). The number of carbonyl (C=O) groups is 1. The molecule has 1 aliphatic heterocycles. The van der Waals surface area contributed by atoms with E-state index < -0.39 is 0 Å². The van der Waals surface area contributed by atoms with Crippen LogP contribution in [0.5, 0.6) is 0 Å². The molecule has 5 nitrogen and oxygen atoms in total. The molecule has 132 valence electrons. The molecule has 2 aromatic carbocycles. The Balaban J connectivity index is 1.64. The standard InChI is InChI=1S/C21H20N2O3/c1-14-12-23(13-19(26-14)15-7-3-2-4-8-15)21(25)18-11-16-9-5-6-10-17(16)20(24)22-18/h2-11,14,19H,12-13H2,1H3,(H,22,24). The number of fused-ring (bicyclic) bond motifs is 1. The lowest BCUT2D eigenvalue weighted by Crippen LogP contribution is -2.46. The smallest absolute Gasteiger partial charge is 0.270 e. The summed E-state index contributed by atoms with van der Waals surface area (Å²) in [7, 11) is 0. The highest BCUT2D eigenvalue weighted by molar-refractivity contribution is 5.96. The van der Waals surface area contributed by atoms with E-state index in [0.717, 1.165) is 10.9 Å². The first kappa shape index (κ1) is 16.5. The number of carbonyl (C=O) groups excluding carboxylic acids is 1. The highest BCUT2D eigenvalue weighted by Crippen LogP contribution is 2.26. The van der Waals surface area contributed by atoms with Gasteiger partial charge in [-0.1, -0.05) is 48.5 Å². The molecule has 1 fully saturated rings. The van der Waals surface area contributed by atoms with Crippen LogP contribution < -0.4 is 5.56 Å². The van der Waals surface area contributed by atoms with Crippen LogP contribution in [0.15, 0.2) is 65.5 Å². The van der Waals surface area contributed by atoms with E-state index in [9.17, 15) is 9.59 Å². The van der Waals surface area contributed by atoms with Crippen LogP contribution in [-0.2, 0) is 4.74 Å². The van der Waals surface area contributed by atoms with Gasteiger partial charge in [-0.2, -0.15) is 0 Å². The number of ether oxygens (including phenoxy) is 1. The van der Waals surface area contributed by atoms with Crippen molar-refractivity contribution in [3.63, 3.8) is 0 Å². The summed E-state index contributed by atoms with van der Waals surface area (Å²) in [6, 6.07) is 18.9. The Morgan fingerprint density at radius 2 is 1.81 bits per heavy atom. The van der Waals surface area contributed by atoms with Crippen molar-refractivity contribution >= 4 is 16.7 Å². The van der Waals surface area contributed by atoms with Crippen molar-refractivity contribution in [1.82, 2.24) is 9.88 Å². The fraction of sp³-hybridized carbons (Fsp3) is 0.238. The van der Waals surface area contributed by atoms with E-state index in [1.807, 2.05) is 55.5 Å². The van der Waals surface area contributed by atoms with Gasteiger partial charge in [-0.25, -0.2) is 0 Å². The minimum absolute atomic E-state index is 0.0786. The molecule has 0 aliphatic carbocycles. The predicted molar refractivity (Wildman–Crippen MR) is 100 cm³/mol. The van der Waals surface area contributed by atoms with E-state index >= 15 is 0 Å². The first-order valence-electron chi connectivity index (χ1n) is 8.73. The number of hydrogen-bond donors (Lipinski definition) is 1. The van der Waals surface area contributed by atoms with Crippen molar-refractivity contribution < 1.29 is 9.53 Å². The highest BCUT2D eigenvalue weighted by atomic mass is 16.5. The third kappa shape index (κ3) is 3.13. The number of aromatic nitrogens is 1. The lowest BCUT2D eigenvalue weighted by molar-refractivity contribution is -0.0692. The van der Waals surface area contributed by atoms with Crippen molar-refractivity contribution in [3.05, 3.63) is 82.3 Å². The molecule has 3 aromatic rings. The van der Waals surface area contributed by atoms with Crippen LogP contribution in [0.1, 0.15) is 29.1 Å². The number of pyridine rings is 1. The summed E-state index contributed by atoms with van der Waals surface area (Å²) in [6.07, 6.45) is -0.249. The molecule has 2 heterocycles. The van der Waals surface area contributed by atoms with Crippen LogP contribution in [-0.4, -0.2) is 35.0 Å². The summed E-state index contributed by atoms with van der Waals surface area (Å²) in [5.74, 6) is -0.177. The molecular weight excluding hydrogens is 328 g/mol. The van der Waals surface area contributed by atoms with Gasteiger partial charge in [0, 0.05) is 11.9 Å². The van der Waals surface area contributed by atoms with E-state index in [4.69, 9.17) is 4.74 Å². The fourth-order valence-corrected chi connectivity index (χ4v) is 3.47. The van der Waals surface area contributed by atoms with Crippen molar-refractivity contribution in [1.29, 1.82) is 0 Å². The van der Waals surface area contributed by atoms with E-state index in [0.29, 0.717) is 24.2 Å². The van der Waals surface area contributed by atoms with Gasteiger partial charge in [0.2, 0.25) is 0 Å². The van der Waals surface area contributed by atoms with Crippen molar-refractivity contribution in [2.24, 2.45) is 0 Å². The normalized spacial score (nSPS) is 20.3. The number of nitrogens with zero attached hydrogens (tertiary/aromatic N) is 1. The number of amides is 1. The average Bonchev–Trinajstić information content (AvgIpc) is 2.67. The molecule has 0 saturated carbocycles. The number of nitrogens with one attached hydrogen (secondary N) is 1. The number of H-pyrrole nitrogens is 1. The average molecular weight is 348 g/mol. The van der Waals surface area contributed by atoms with E-state index in [1.54, 1.807) is 17.0 Å². The van der Waals surface area contributed by atoms with E-state index in [-0.39, 0.29) is 23.7 Å². The fourth-order valence-electron chi connectivity index (χ4n) is 3.47. The largest absolute Gasteiger partial charge is 0.367 e. The van der Waals surface area contributed by atoms with Gasteiger partial charge in [0.15, 0.2) is 0 Å². The summed E-state index contributed by atoms with van der Waals surface area (Å²) < 4.78 is 6.02. The van der Waals surface area contributed by atoms with Gasteiger partial charge < -0.3 is 14.6 Å². The van der Waals surface area contributed by atoms with Crippen LogP contribution in [0.2, 0.25) is 0 Å². The lowest BCUT2D eigenvalue weighted by atomic mass is 10.1. The number of rotatable bonds is 2. The predicted octanol–water partition coefficient (Wildman–Crippen LogP) is 3.13. The molecule has 1 aromatic heterocycles. The SMILES string of the molecule is CC1CN(C(=O)c2cc3ccccc3c(=O)[nH]2)CC(c2ccccc2)O1. The molecule has 26 heavy (non-hydrogen) atoms. The monoisotopic (exact) mass is 348 g/mol. The van der Waals surface area contributed by atoms with Gasteiger partial charge in [-0.05, 0) is 30.0 Å². The second-order valence-electron chi connectivity index (χ2n) is 6.66. The molecule has 1 aliphatic rings. The Bertz CT molecular complexity index is 997. The van der Waals surface area contributed by atoms with Crippen LogP contribution in [0.25, 0.3) is 10.8 Å². The molecule has 0 radical (unpaired) electrons. The van der Waals surface area contributed by atoms with E-state index in [1.165, 1.54) is 0 Å². The van der Waals surface area contributed by atoms with Crippen LogP contribution in [0.3, 0.4) is 0 Å². The third-order valence-electron chi connectivity index (χ3n) is 4.70. The molecule has 0 bridgehead atoms. The molecule has 0 spiro atoms. The molecule has 1 amide bonds. The quantitative estimate of drug-likeness (QED) is 0.774. The van der Waals surface area contributed by atoms with Crippen LogP contribution >= 0.6 is 0 Å². The van der Waals surface area contributed by atoms with Gasteiger partial charge in [0.1, 0.15) is 11.8 Å². The number of aromatic amines is 1. The first-order chi connectivity index (χ1) is 12.6. The van der Waals surface area contributed by atoms with Crippen molar-refractivity contribution in [3.8, 4) is 0 Å². The topological polar surface area (TPSA) is 62.4 Å². The molecule has 2 atom stereocenters. The van der Waals surface area contributed by atoms with Crippen LogP contribution in [0.4, 0.5) is 0 Å². The second kappa shape index (κ2) is 6.77. The Morgan fingerprint density at radius 3 is 2.62 bits per heavy atom. The first-order valence-corrected chi connectivity index (χ1v) is 8.73. The maximum Gasteiger partial charge on any atom is 0.270 e. The molecule has 1 saturated heterocycles. The maximum atomic E-state index is 13.0. The summed E-state index contributed by atoms with van der Waals surface area (Å²) in [5, 5.41) is 1.35. The minimum Gasteiger partial charge on any atom is -0.367 e. The minimum atomic E-state index is -0.243. The zero-order valence-electron chi connectivity index (χ0n) is 14.5. The second-order valence-corrected chi connectivity index (χ2v) is 6.66. The Morgan fingerprint density at radius 1 is 1.08 bits per heavy atom. The van der Waals surface area contributed by atoms with Gasteiger partial charge in [-0.15, -0.1) is 0 Å². The van der Waals surface area contributed by atoms with Gasteiger partial charge in [0.25, 0.3) is 11.5 Å². The van der Waals surface area contributed by atoms with Gasteiger partial charge >= 0.3 is 0 Å². The Labute approximate surface area is 151 Å². The number of benzene rings is 2. The maximum absolute atomic E-state index is 13.0. The lowest BCUT2D eigenvalue weighted by Gasteiger charge is -2.37.